The molecule has 0 bridgehead atoms. The first-order valence-corrected chi connectivity index (χ1v) is 11.6. The Hall–Kier alpha value is -4.44. The summed E-state index contributed by atoms with van der Waals surface area (Å²) in [4.78, 5) is 12.8. The molecule has 0 N–H and O–H groups in total. The fraction of sp³-hybridized carbons (Fsp3) is 0.0968. The van der Waals surface area contributed by atoms with Crippen molar-refractivity contribution in [3.05, 3.63) is 113 Å². The molecule has 6 rings (SSSR count). The number of esters is 1. The van der Waals surface area contributed by atoms with Crippen molar-refractivity contribution in [3.8, 4) is 11.1 Å². The van der Waals surface area contributed by atoms with Gasteiger partial charge in [-0.3, -0.25) is 0 Å². The highest BCUT2D eigenvalue weighted by Crippen LogP contribution is 2.46. The molecule has 0 saturated heterocycles. The van der Waals surface area contributed by atoms with E-state index in [0.717, 1.165) is 44.6 Å². The number of hydrogen-bond acceptors (Lipinski definition) is 2. The van der Waals surface area contributed by atoms with Gasteiger partial charge in [-0.2, -0.15) is 0 Å². The van der Waals surface area contributed by atoms with E-state index in [2.05, 4.69) is 90.2 Å². The zero-order valence-corrected chi connectivity index (χ0v) is 19.9. The topological polar surface area (TPSA) is 34.2 Å². The van der Waals surface area contributed by atoms with E-state index in [1.54, 1.807) is 0 Å². The lowest BCUT2D eigenvalue weighted by atomic mass is 9.89. The highest BCUT2D eigenvalue weighted by atomic mass is 16.5. The van der Waals surface area contributed by atoms with E-state index >= 15 is 0 Å². The van der Waals surface area contributed by atoms with E-state index in [9.17, 15) is 4.79 Å². The van der Waals surface area contributed by atoms with Crippen LogP contribution in [0.2, 0.25) is 0 Å². The number of fused-ring (bicyclic) bond motifs is 3. The van der Waals surface area contributed by atoms with Gasteiger partial charge in [-0.05, 0) is 34.9 Å². The first kappa shape index (κ1) is 21.1. The molecule has 0 saturated carbocycles. The van der Waals surface area contributed by atoms with Gasteiger partial charge in [0, 0.05) is 41.4 Å². The van der Waals surface area contributed by atoms with Gasteiger partial charge in [-0.25, -0.2) is 9.37 Å². The number of para-hydroxylation sites is 2. The van der Waals surface area contributed by atoms with Gasteiger partial charge in [0.2, 0.25) is 5.69 Å². The molecular weight excluding hydrogens is 432 g/mol. The number of aryl methyl sites for hydroxylation is 1. The Morgan fingerprint density at radius 1 is 0.800 bits per heavy atom. The highest BCUT2D eigenvalue weighted by Gasteiger charge is 2.31. The van der Waals surface area contributed by atoms with E-state index in [0.29, 0.717) is 5.56 Å². The normalized spacial score (nSPS) is 14.2. The van der Waals surface area contributed by atoms with Gasteiger partial charge in [0.1, 0.15) is 7.05 Å². The third-order valence-corrected chi connectivity index (χ3v) is 6.91. The number of hydrogen-bond donors (Lipinski definition) is 0. The maximum atomic E-state index is 12.8. The molecule has 0 amide bonds. The second kappa shape index (κ2) is 8.10. The number of ether oxygens (including phenoxy) is 1. The fourth-order valence-corrected chi connectivity index (χ4v) is 5.32. The molecule has 0 unspecified atom stereocenters. The summed E-state index contributed by atoms with van der Waals surface area (Å²) in [5.41, 5.74) is 10.4. The first-order valence-electron chi connectivity index (χ1n) is 11.6. The largest absolute Gasteiger partial charge is 0.465 e. The fourth-order valence-electron chi connectivity index (χ4n) is 5.32. The van der Waals surface area contributed by atoms with Crippen LogP contribution in [0.25, 0.3) is 33.2 Å². The van der Waals surface area contributed by atoms with Crippen LogP contribution in [0.1, 0.15) is 27.0 Å². The lowest BCUT2D eigenvalue weighted by molar-refractivity contribution is -0.395. The number of carbonyl (C=O) groups excluding carboxylic acids is 1. The van der Waals surface area contributed by atoms with Gasteiger partial charge >= 0.3 is 5.97 Å². The van der Waals surface area contributed by atoms with Crippen LogP contribution in [0.3, 0.4) is 0 Å². The van der Waals surface area contributed by atoms with Crippen LogP contribution in [-0.2, 0) is 11.8 Å². The quantitative estimate of drug-likeness (QED) is 0.232. The number of rotatable bonds is 3. The predicted octanol–water partition coefficient (Wildman–Crippen LogP) is 6.39. The van der Waals surface area contributed by atoms with Gasteiger partial charge in [-0.1, -0.05) is 60.7 Å². The molecule has 170 valence electrons. The summed E-state index contributed by atoms with van der Waals surface area (Å²) in [6, 6.07) is 29.0. The molecule has 0 fully saturated rings. The zero-order chi connectivity index (χ0) is 24.1. The summed E-state index contributed by atoms with van der Waals surface area (Å²) in [6.45, 7) is 0. The van der Waals surface area contributed by atoms with Crippen molar-refractivity contribution < 1.29 is 14.1 Å². The maximum Gasteiger partial charge on any atom is 0.338 e. The first-order chi connectivity index (χ1) is 17.1. The van der Waals surface area contributed by atoms with Crippen molar-refractivity contribution in [3.63, 3.8) is 0 Å². The Kier molecular flexibility index (Phi) is 4.89. The molecule has 4 heteroatoms. The number of benzene rings is 2. The SMILES string of the molecule is COC(=O)c1cc(/C(=C2\C=[N+](C)c3ccccc32)c2cn(C)c3ccccc23)c2cccccc1-2. The summed E-state index contributed by atoms with van der Waals surface area (Å²) in [7, 11) is 5.59. The number of carbonyl (C=O) groups is 1. The van der Waals surface area contributed by atoms with Gasteiger partial charge in [-0.15, -0.1) is 0 Å². The third-order valence-electron chi connectivity index (χ3n) is 6.91. The van der Waals surface area contributed by atoms with Crippen molar-refractivity contribution >= 4 is 39.9 Å². The maximum absolute atomic E-state index is 12.8. The molecule has 2 heterocycles. The molecule has 3 aromatic rings. The molecule has 0 atom stereocenters. The average Bonchev–Trinajstić information content (AvgIpc) is 3.44. The van der Waals surface area contributed by atoms with Crippen LogP contribution >= 0.6 is 0 Å². The predicted molar refractivity (Wildman–Crippen MR) is 142 cm³/mol. The summed E-state index contributed by atoms with van der Waals surface area (Å²) < 4.78 is 9.51. The van der Waals surface area contributed by atoms with Crippen LogP contribution in [0, 0.1) is 0 Å². The number of nitrogens with zero attached hydrogens (tertiary/aromatic N) is 2. The Bertz CT molecular complexity index is 1670. The van der Waals surface area contributed by atoms with E-state index in [1.165, 1.54) is 18.1 Å². The van der Waals surface area contributed by atoms with Gasteiger partial charge in [0.25, 0.3) is 0 Å². The Balaban J connectivity index is 1.77. The van der Waals surface area contributed by atoms with E-state index < -0.39 is 0 Å². The van der Waals surface area contributed by atoms with Crippen molar-refractivity contribution in [1.29, 1.82) is 0 Å². The summed E-state index contributed by atoms with van der Waals surface area (Å²) in [6.07, 6.45) is 4.39. The number of allylic oxidation sites excluding steroid dienone is 1. The molecule has 0 spiro atoms. The lowest BCUT2D eigenvalue weighted by Gasteiger charge is -2.11. The van der Waals surface area contributed by atoms with Crippen LogP contribution in [0.15, 0.2) is 91.1 Å². The minimum atomic E-state index is -0.331. The van der Waals surface area contributed by atoms with Gasteiger partial charge in [0.15, 0.2) is 6.21 Å². The van der Waals surface area contributed by atoms with Crippen molar-refractivity contribution in [2.24, 2.45) is 7.05 Å². The molecule has 2 aliphatic carbocycles. The number of aromatic nitrogens is 1. The molecule has 4 nitrogen and oxygen atoms in total. The third kappa shape index (κ3) is 3.22. The molecule has 0 radical (unpaired) electrons. The van der Waals surface area contributed by atoms with Crippen molar-refractivity contribution in [2.75, 3.05) is 14.2 Å². The summed E-state index contributed by atoms with van der Waals surface area (Å²) in [5.74, 6) is -0.331. The standard InChI is InChI=1S/C31H25N2O2/c1-32-18-26(22-13-7-9-15-28(22)32)30(27-19-33(2)29-16-10-8-14-23(27)29)24-17-25(31(34)35-3)21-12-6-4-5-11-20(21)24/h4-19H,1-3H3/q+1. The lowest BCUT2D eigenvalue weighted by Crippen LogP contribution is -2.00. The minimum absolute atomic E-state index is 0.331. The highest BCUT2D eigenvalue weighted by molar-refractivity contribution is 6.26. The minimum Gasteiger partial charge on any atom is -0.465 e. The Morgan fingerprint density at radius 3 is 2.26 bits per heavy atom. The van der Waals surface area contributed by atoms with Gasteiger partial charge < -0.3 is 9.30 Å². The molecular formula is C31H25N2O2+. The number of methoxy groups -OCH3 is 1. The van der Waals surface area contributed by atoms with E-state index in [4.69, 9.17) is 4.74 Å². The molecule has 35 heavy (non-hydrogen) atoms. The second-order valence-electron chi connectivity index (χ2n) is 8.92. The van der Waals surface area contributed by atoms with Crippen LogP contribution in [-0.4, -0.2) is 35.5 Å². The summed E-state index contributed by atoms with van der Waals surface area (Å²) >= 11 is 0. The van der Waals surface area contributed by atoms with E-state index in [1.807, 2.05) is 30.3 Å². The summed E-state index contributed by atoms with van der Waals surface area (Å²) in [5, 5.41) is 1.17. The second-order valence-corrected chi connectivity index (χ2v) is 8.92. The average molecular weight is 458 g/mol. The monoisotopic (exact) mass is 457 g/mol. The van der Waals surface area contributed by atoms with Crippen LogP contribution < -0.4 is 0 Å². The molecule has 1 aromatic heterocycles. The zero-order valence-electron chi connectivity index (χ0n) is 19.9. The molecule has 3 aliphatic rings. The molecule has 1 aliphatic heterocycles. The molecule has 2 aromatic carbocycles. The van der Waals surface area contributed by atoms with Gasteiger partial charge in [0.05, 0.1) is 23.8 Å². The van der Waals surface area contributed by atoms with Crippen molar-refractivity contribution in [2.45, 2.75) is 0 Å². The Labute approximate surface area is 204 Å². The smallest absolute Gasteiger partial charge is 0.338 e. The van der Waals surface area contributed by atoms with E-state index in [-0.39, 0.29) is 5.97 Å². The van der Waals surface area contributed by atoms with Crippen molar-refractivity contribution in [1.82, 2.24) is 4.57 Å². The Morgan fingerprint density at radius 2 is 1.46 bits per heavy atom. The van der Waals surface area contributed by atoms with Crippen LogP contribution in [0.4, 0.5) is 5.69 Å². The van der Waals surface area contributed by atoms with Crippen LogP contribution in [0.5, 0.6) is 0 Å².